The lowest BCUT2D eigenvalue weighted by molar-refractivity contribution is -0.139. The molecule has 0 unspecified atom stereocenters. The highest BCUT2D eigenvalue weighted by molar-refractivity contribution is 5.87. The Labute approximate surface area is 97.6 Å². The Bertz CT molecular complexity index is 223. The maximum atomic E-state index is 11.4. The average molecular weight is 230 g/mol. The standard InChI is InChI=1S/C12H22O4/c1-6-15-12(13)10(4)7-11(9(2)3)16-8-14-5/h9,11H,4,6-8H2,1-3,5H3/t11-/m1/s1. The second-order valence-electron chi connectivity index (χ2n) is 3.88. The fourth-order valence-electron chi connectivity index (χ4n) is 1.20. The van der Waals surface area contributed by atoms with Gasteiger partial charge in [0.2, 0.25) is 0 Å². The van der Waals surface area contributed by atoms with Gasteiger partial charge in [-0.1, -0.05) is 20.4 Å². The van der Waals surface area contributed by atoms with Crippen LogP contribution in [0, 0.1) is 5.92 Å². The van der Waals surface area contributed by atoms with Crippen molar-refractivity contribution in [2.75, 3.05) is 20.5 Å². The summed E-state index contributed by atoms with van der Waals surface area (Å²) in [6, 6.07) is 0. The number of hydrogen-bond donors (Lipinski definition) is 0. The molecule has 0 bridgehead atoms. The van der Waals surface area contributed by atoms with Gasteiger partial charge in [-0.3, -0.25) is 0 Å². The first kappa shape index (κ1) is 15.1. The minimum Gasteiger partial charge on any atom is -0.463 e. The molecule has 0 aromatic carbocycles. The maximum absolute atomic E-state index is 11.4. The first-order chi connectivity index (χ1) is 7.52. The summed E-state index contributed by atoms with van der Waals surface area (Å²) >= 11 is 0. The zero-order valence-electron chi connectivity index (χ0n) is 10.6. The van der Waals surface area contributed by atoms with E-state index in [0.717, 1.165) is 0 Å². The Balaban J connectivity index is 4.17. The second-order valence-corrected chi connectivity index (χ2v) is 3.88. The number of carbonyl (C=O) groups is 1. The van der Waals surface area contributed by atoms with Crippen LogP contribution in [0.4, 0.5) is 0 Å². The van der Waals surface area contributed by atoms with Gasteiger partial charge in [0, 0.05) is 19.1 Å². The van der Waals surface area contributed by atoms with Crippen LogP contribution in [0.15, 0.2) is 12.2 Å². The van der Waals surface area contributed by atoms with Crippen LogP contribution in [0.5, 0.6) is 0 Å². The summed E-state index contributed by atoms with van der Waals surface area (Å²) in [5, 5.41) is 0. The Morgan fingerprint density at radius 3 is 2.44 bits per heavy atom. The molecule has 0 aromatic heterocycles. The van der Waals surface area contributed by atoms with Gasteiger partial charge in [-0.05, 0) is 12.8 Å². The van der Waals surface area contributed by atoms with Crippen molar-refractivity contribution >= 4 is 5.97 Å². The summed E-state index contributed by atoms with van der Waals surface area (Å²) in [6.45, 7) is 10.1. The zero-order valence-corrected chi connectivity index (χ0v) is 10.6. The van der Waals surface area contributed by atoms with E-state index in [0.29, 0.717) is 24.5 Å². The van der Waals surface area contributed by atoms with Crippen LogP contribution in [0.3, 0.4) is 0 Å². The normalized spacial score (nSPS) is 12.6. The molecule has 0 amide bonds. The average Bonchev–Trinajstić information content (AvgIpc) is 2.23. The van der Waals surface area contributed by atoms with E-state index in [2.05, 4.69) is 6.58 Å². The maximum Gasteiger partial charge on any atom is 0.333 e. The summed E-state index contributed by atoms with van der Waals surface area (Å²) in [5.74, 6) is -0.0597. The second kappa shape index (κ2) is 8.30. The number of rotatable bonds is 8. The topological polar surface area (TPSA) is 44.8 Å². The summed E-state index contributed by atoms with van der Waals surface area (Å²) in [4.78, 5) is 11.4. The number of ether oxygens (including phenoxy) is 3. The van der Waals surface area contributed by atoms with E-state index in [1.54, 1.807) is 14.0 Å². The molecule has 0 aliphatic heterocycles. The van der Waals surface area contributed by atoms with Crippen molar-refractivity contribution in [2.45, 2.75) is 33.3 Å². The molecule has 16 heavy (non-hydrogen) atoms. The fraction of sp³-hybridized carbons (Fsp3) is 0.750. The van der Waals surface area contributed by atoms with Crippen LogP contribution >= 0.6 is 0 Å². The van der Waals surface area contributed by atoms with Gasteiger partial charge in [-0.2, -0.15) is 0 Å². The van der Waals surface area contributed by atoms with E-state index in [4.69, 9.17) is 14.2 Å². The van der Waals surface area contributed by atoms with Crippen molar-refractivity contribution in [1.82, 2.24) is 0 Å². The molecule has 0 N–H and O–H groups in total. The molecule has 94 valence electrons. The van der Waals surface area contributed by atoms with E-state index in [9.17, 15) is 4.79 Å². The third-order valence-electron chi connectivity index (χ3n) is 2.16. The molecule has 0 aliphatic carbocycles. The minimum absolute atomic E-state index is 0.0724. The quantitative estimate of drug-likeness (QED) is 0.364. The van der Waals surface area contributed by atoms with Crippen molar-refractivity contribution < 1.29 is 19.0 Å². The lowest BCUT2D eigenvalue weighted by atomic mass is 10.00. The van der Waals surface area contributed by atoms with Gasteiger partial charge in [0.25, 0.3) is 0 Å². The Morgan fingerprint density at radius 2 is 2.00 bits per heavy atom. The first-order valence-electron chi connectivity index (χ1n) is 5.48. The summed E-state index contributed by atoms with van der Waals surface area (Å²) < 4.78 is 15.2. The monoisotopic (exact) mass is 230 g/mol. The van der Waals surface area contributed by atoms with Crippen molar-refractivity contribution in [1.29, 1.82) is 0 Å². The highest BCUT2D eigenvalue weighted by atomic mass is 16.7. The van der Waals surface area contributed by atoms with Gasteiger partial charge in [-0.15, -0.1) is 0 Å². The third kappa shape index (κ3) is 5.88. The zero-order chi connectivity index (χ0) is 12.6. The summed E-state index contributed by atoms with van der Waals surface area (Å²) in [6.07, 6.45) is 0.400. The largest absolute Gasteiger partial charge is 0.463 e. The van der Waals surface area contributed by atoms with Gasteiger partial charge >= 0.3 is 5.97 Å². The number of esters is 1. The van der Waals surface area contributed by atoms with Gasteiger partial charge in [-0.25, -0.2) is 4.79 Å². The molecule has 0 heterocycles. The van der Waals surface area contributed by atoms with E-state index in [-0.39, 0.29) is 18.9 Å². The predicted molar refractivity (Wildman–Crippen MR) is 62.0 cm³/mol. The van der Waals surface area contributed by atoms with E-state index < -0.39 is 0 Å². The molecule has 0 spiro atoms. The van der Waals surface area contributed by atoms with E-state index in [1.807, 2.05) is 13.8 Å². The lowest BCUT2D eigenvalue weighted by Gasteiger charge is -2.21. The summed E-state index contributed by atoms with van der Waals surface area (Å²) in [7, 11) is 1.57. The van der Waals surface area contributed by atoms with Gasteiger partial charge in [0.1, 0.15) is 6.79 Å². The first-order valence-corrected chi connectivity index (χ1v) is 5.48. The highest BCUT2D eigenvalue weighted by Crippen LogP contribution is 2.16. The summed E-state index contributed by atoms with van der Waals surface area (Å²) in [5.41, 5.74) is 0.441. The lowest BCUT2D eigenvalue weighted by Crippen LogP contribution is -2.23. The molecule has 0 saturated heterocycles. The van der Waals surface area contributed by atoms with E-state index in [1.165, 1.54) is 0 Å². The molecule has 0 radical (unpaired) electrons. The van der Waals surface area contributed by atoms with E-state index >= 15 is 0 Å². The van der Waals surface area contributed by atoms with Crippen LogP contribution in [0.2, 0.25) is 0 Å². The molecule has 0 saturated carbocycles. The smallest absolute Gasteiger partial charge is 0.333 e. The molecular formula is C12H22O4. The third-order valence-corrected chi connectivity index (χ3v) is 2.16. The van der Waals surface area contributed by atoms with Crippen molar-refractivity contribution in [3.05, 3.63) is 12.2 Å². The van der Waals surface area contributed by atoms with Crippen LogP contribution in [-0.2, 0) is 19.0 Å². The molecule has 0 aliphatic rings. The van der Waals surface area contributed by atoms with Gasteiger partial charge in [0.15, 0.2) is 0 Å². The van der Waals surface area contributed by atoms with Crippen LogP contribution in [-0.4, -0.2) is 32.6 Å². The molecule has 4 heteroatoms. The predicted octanol–water partition coefficient (Wildman–Crippen LogP) is 2.14. The highest BCUT2D eigenvalue weighted by Gasteiger charge is 2.19. The van der Waals surface area contributed by atoms with Crippen molar-refractivity contribution in [2.24, 2.45) is 5.92 Å². The van der Waals surface area contributed by atoms with Crippen LogP contribution in [0.25, 0.3) is 0 Å². The number of methoxy groups -OCH3 is 1. The molecule has 1 atom stereocenters. The SMILES string of the molecule is C=C(C[C@@H](OCOC)C(C)C)C(=O)OCC. The Morgan fingerprint density at radius 1 is 1.38 bits per heavy atom. The van der Waals surface area contributed by atoms with Crippen molar-refractivity contribution in [3.63, 3.8) is 0 Å². The van der Waals surface area contributed by atoms with Gasteiger partial charge in [0.05, 0.1) is 12.7 Å². The Hall–Kier alpha value is -0.870. The van der Waals surface area contributed by atoms with Crippen LogP contribution < -0.4 is 0 Å². The molecule has 4 nitrogen and oxygen atoms in total. The van der Waals surface area contributed by atoms with Gasteiger partial charge < -0.3 is 14.2 Å². The minimum atomic E-state index is -0.353. The molecular weight excluding hydrogens is 208 g/mol. The molecule has 0 fully saturated rings. The number of carbonyl (C=O) groups excluding carboxylic acids is 1. The van der Waals surface area contributed by atoms with Crippen LogP contribution in [0.1, 0.15) is 27.2 Å². The number of hydrogen-bond acceptors (Lipinski definition) is 4. The molecule has 0 rings (SSSR count). The Kier molecular flexibility index (Phi) is 7.85. The van der Waals surface area contributed by atoms with Crippen molar-refractivity contribution in [3.8, 4) is 0 Å². The fourth-order valence-corrected chi connectivity index (χ4v) is 1.20. The molecule has 0 aromatic rings.